The van der Waals surface area contributed by atoms with Crippen molar-refractivity contribution in [3.8, 4) is 0 Å². The molecule has 1 aliphatic carbocycles. The quantitative estimate of drug-likeness (QED) is 0.603. The molecule has 0 bridgehead atoms. The van der Waals surface area contributed by atoms with Gasteiger partial charge in [-0.3, -0.25) is 9.59 Å². The number of rotatable bonds is 0. The minimum absolute atomic E-state index is 0.109. The highest BCUT2D eigenvalue weighted by molar-refractivity contribution is 9.10. The normalized spacial score (nSPS) is 13.2. The summed E-state index contributed by atoms with van der Waals surface area (Å²) < 4.78 is 1.45. The van der Waals surface area contributed by atoms with Gasteiger partial charge in [-0.25, -0.2) is 0 Å². The smallest absolute Gasteiger partial charge is 0.195 e. The number of ketones is 2. The fraction of sp³-hybridized carbons (Fsp3) is 0. The lowest BCUT2D eigenvalue weighted by molar-refractivity contribution is 0.0978. The molecule has 0 fully saturated rings. The van der Waals surface area contributed by atoms with Crippen molar-refractivity contribution < 1.29 is 9.59 Å². The highest BCUT2D eigenvalue weighted by Crippen LogP contribution is 2.32. The van der Waals surface area contributed by atoms with Crippen molar-refractivity contribution in [3.63, 3.8) is 0 Å². The van der Waals surface area contributed by atoms with Gasteiger partial charge >= 0.3 is 0 Å². The highest BCUT2D eigenvalue weighted by Gasteiger charge is 2.30. The van der Waals surface area contributed by atoms with Gasteiger partial charge in [-0.2, -0.15) is 0 Å². The number of carbonyl (C=O) groups excluding carboxylic acids is 2. The Bertz CT molecular complexity index is 701. The van der Waals surface area contributed by atoms with E-state index in [1.807, 2.05) is 0 Å². The van der Waals surface area contributed by atoms with E-state index in [0.717, 1.165) is 4.47 Å². The second-order valence-corrected chi connectivity index (χ2v) is 5.78. The van der Waals surface area contributed by atoms with Crippen molar-refractivity contribution in [1.29, 1.82) is 0 Å². The van der Waals surface area contributed by atoms with Gasteiger partial charge < -0.3 is 0 Å². The van der Waals surface area contributed by atoms with Crippen LogP contribution in [0.1, 0.15) is 31.8 Å². The summed E-state index contributed by atoms with van der Waals surface area (Å²) in [6.45, 7) is 0. The van der Waals surface area contributed by atoms with Crippen molar-refractivity contribution in [1.82, 2.24) is 0 Å². The van der Waals surface area contributed by atoms with Crippen molar-refractivity contribution >= 4 is 43.4 Å². The lowest BCUT2D eigenvalue weighted by Gasteiger charge is -2.18. The van der Waals surface area contributed by atoms with E-state index in [1.165, 1.54) is 0 Å². The van der Waals surface area contributed by atoms with E-state index in [9.17, 15) is 9.59 Å². The molecule has 4 heteroatoms. The third-order valence-electron chi connectivity index (χ3n) is 2.96. The lowest BCUT2D eigenvalue weighted by atomic mass is 9.84. The average Bonchev–Trinajstić information content (AvgIpc) is 2.35. The molecule has 1 aliphatic rings. The molecule has 2 nitrogen and oxygen atoms in total. The highest BCUT2D eigenvalue weighted by atomic mass is 79.9. The Kier molecular flexibility index (Phi) is 2.72. The Labute approximate surface area is 120 Å². The zero-order chi connectivity index (χ0) is 12.9. The summed E-state index contributed by atoms with van der Waals surface area (Å²) in [6.07, 6.45) is 0. The summed E-state index contributed by atoms with van der Waals surface area (Å²) in [5, 5.41) is 0. The van der Waals surface area contributed by atoms with Crippen LogP contribution in [-0.2, 0) is 0 Å². The SMILES string of the molecule is O=C1c2cc(Br)ccc2C(=O)c2c(Br)cccc21. The lowest BCUT2D eigenvalue weighted by Crippen LogP contribution is -2.21. The van der Waals surface area contributed by atoms with Gasteiger partial charge in [-0.1, -0.05) is 44.0 Å². The second kappa shape index (κ2) is 4.14. The molecule has 0 saturated heterocycles. The molecule has 0 amide bonds. The van der Waals surface area contributed by atoms with Crippen molar-refractivity contribution in [3.05, 3.63) is 67.6 Å². The summed E-state index contributed by atoms with van der Waals surface area (Å²) in [6, 6.07) is 10.4. The fourth-order valence-electron chi connectivity index (χ4n) is 2.13. The Morgan fingerprint density at radius 3 is 2.33 bits per heavy atom. The Hall–Kier alpha value is -1.26. The minimum atomic E-state index is -0.112. The van der Waals surface area contributed by atoms with Crippen molar-refractivity contribution in [2.45, 2.75) is 0 Å². The molecular formula is C14H6Br2O2. The van der Waals surface area contributed by atoms with Crippen LogP contribution in [0.4, 0.5) is 0 Å². The predicted molar refractivity (Wildman–Crippen MR) is 75.1 cm³/mol. The Morgan fingerprint density at radius 1 is 0.778 bits per heavy atom. The van der Waals surface area contributed by atoms with Crippen LogP contribution in [0.25, 0.3) is 0 Å². The van der Waals surface area contributed by atoms with Crippen LogP contribution in [0.3, 0.4) is 0 Å². The maximum Gasteiger partial charge on any atom is 0.195 e. The summed E-state index contributed by atoms with van der Waals surface area (Å²) in [7, 11) is 0. The maximum absolute atomic E-state index is 12.4. The van der Waals surface area contributed by atoms with E-state index in [0.29, 0.717) is 26.7 Å². The van der Waals surface area contributed by atoms with E-state index in [2.05, 4.69) is 31.9 Å². The Morgan fingerprint density at radius 2 is 1.56 bits per heavy atom. The first-order valence-corrected chi connectivity index (χ1v) is 6.85. The molecule has 0 radical (unpaired) electrons. The molecule has 0 saturated carbocycles. The van der Waals surface area contributed by atoms with Crippen LogP contribution in [0, 0.1) is 0 Å². The van der Waals surface area contributed by atoms with Crippen LogP contribution in [-0.4, -0.2) is 11.6 Å². The van der Waals surface area contributed by atoms with Gasteiger partial charge in [0, 0.05) is 31.2 Å². The van der Waals surface area contributed by atoms with Gasteiger partial charge in [0.15, 0.2) is 11.6 Å². The zero-order valence-electron chi connectivity index (χ0n) is 9.04. The van der Waals surface area contributed by atoms with E-state index in [1.54, 1.807) is 36.4 Å². The third-order valence-corrected chi connectivity index (χ3v) is 4.11. The largest absolute Gasteiger partial charge is 0.289 e. The number of fused-ring (bicyclic) bond motifs is 2. The van der Waals surface area contributed by atoms with Gasteiger partial charge in [0.2, 0.25) is 0 Å². The Balaban J connectivity index is 2.35. The molecule has 0 unspecified atom stereocenters. The molecule has 2 aromatic carbocycles. The van der Waals surface area contributed by atoms with E-state index in [-0.39, 0.29) is 11.6 Å². The molecule has 0 atom stereocenters. The van der Waals surface area contributed by atoms with Gasteiger partial charge in [0.05, 0.1) is 0 Å². The van der Waals surface area contributed by atoms with Gasteiger partial charge in [-0.15, -0.1) is 0 Å². The number of hydrogen-bond acceptors (Lipinski definition) is 2. The van der Waals surface area contributed by atoms with Crippen LogP contribution >= 0.6 is 31.9 Å². The van der Waals surface area contributed by atoms with Crippen LogP contribution in [0.15, 0.2) is 45.3 Å². The summed E-state index contributed by atoms with van der Waals surface area (Å²) in [5.74, 6) is -0.221. The predicted octanol–water partition coefficient (Wildman–Crippen LogP) is 3.99. The number of benzene rings is 2. The van der Waals surface area contributed by atoms with Crippen LogP contribution in [0.5, 0.6) is 0 Å². The molecule has 0 aliphatic heterocycles. The first-order valence-electron chi connectivity index (χ1n) is 5.27. The van der Waals surface area contributed by atoms with Crippen LogP contribution in [0.2, 0.25) is 0 Å². The van der Waals surface area contributed by atoms with E-state index >= 15 is 0 Å². The standard InChI is InChI=1S/C14H6Br2O2/c15-7-4-5-8-10(6-7)13(17)9-2-1-3-11(16)12(9)14(8)18/h1-6H. The molecule has 0 spiro atoms. The maximum atomic E-state index is 12.4. The minimum Gasteiger partial charge on any atom is -0.289 e. The molecule has 0 N–H and O–H groups in total. The molecule has 0 heterocycles. The van der Waals surface area contributed by atoms with E-state index < -0.39 is 0 Å². The first kappa shape index (κ1) is 11.8. The van der Waals surface area contributed by atoms with Gasteiger partial charge in [0.25, 0.3) is 0 Å². The summed E-state index contributed by atoms with van der Waals surface area (Å²) in [5.41, 5.74) is 1.83. The van der Waals surface area contributed by atoms with Crippen LogP contribution < -0.4 is 0 Å². The van der Waals surface area contributed by atoms with Gasteiger partial charge in [0.1, 0.15) is 0 Å². The second-order valence-electron chi connectivity index (χ2n) is 4.01. The van der Waals surface area contributed by atoms with Gasteiger partial charge in [-0.05, 0) is 24.3 Å². The summed E-state index contributed by atoms with van der Waals surface area (Å²) >= 11 is 6.65. The molecule has 3 rings (SSSR count). The first-order chi connectivity index (χ1) is 8.59. The number of halogens is 2. The molecule has 0 aromatic heterocycles. The average molecular weight is 366 g/mol. The molecule has 2 aromatic rings. The number of carbonyl (C=O) groups is 2. The number of hydrogen-bond donors (Lipinski definition) is 0. The third kappa shape index (κ3) is 1.60. The topological polar surface area (TPSA) is 34.1 Å². The fourth-order valence-corrected chi connectivity index (χ4v) is 3.03. The monoisotopic (exact) mass is 364 g/mol. The van der Waals surface area contributed by atoms with E-state index in [4.69, 9.17) is 0 Å². The molecular weight excluding hydrogens is 360 g/mol. The molecule has 88 valence electrons. The zero-order valence-corrected chi connectivity index (χ0v) is 12.2. The molecule has 18 heavy (non-hydrogen) atoms. The van der Waals surface area contributed by atoms with Crippen molar-refractivity contribution in [2.75, 3.05) is 0 Å². The summed E-state index contributed by atoms with van der Waals surface area (Å²) in [4.78, 5) is 24.8. The van der Waals surface area contributed by atoms with Crippen molar-refractivity contribution in [2.24, 2.45) is 0 Å².